The number of carbonyl (C=O) groups excluding carboxylic acids is 1. The largest absolute Gasteiger partial charge is 0.439 e. The molecule has 0 saturated carbocycles. The van der Waals surface area contributed by atoms with Gasteiger partial charge < -0.3 is 10.1 Å². The first-order valence-corrected chi connectivity index (χ1v) is 11.8. The van der Waals surface area contributed by atoms with E-state index in [9.17, 15) is 13.2 Å². The van der Waals surface area contributed by atoms with Crippen molar-refractivity contribution in [3.63, 3.8) is 0 Å². The van der Waals surface area contributed by atoms with Gasteiger partial charge in [0.1, 0.15) is 5.75 Å². The molecule has 2 aromatic carbocycles. The molecule has 0 bridgehead atoms. The highest BCUT2D eigenvalue weighted by Gasteiger charge is 2.15. The van der Waals surface area contributed by atoms with Gasteiger partial charge in [0.25, 0.3) is 15.9 Å². The van der Waals surface area contributed by atoms with Crippen molar-refractivity contribution >= 4 is 21.6 Å². The molecule has 7 nitrogen and oxygen atoms in total. The molecule has 3 aromatic rings. The molecule has 0 saturated heterocycles. The molecule has 1 amide bonds. The van der Waals surface area contributed by atoms with Gasteiger partial charge in [-0.15, -0.1) is 0 Å². The second-order valence-corrected chi connectivity index (χ2v) is 9.33. The summed E-state index contributed by atoms with van der Waals surface area (Å²) in [6.07, 6.45) is 2.30. The van der Waals surface area contributed by atoms with Crippen molar-refractivity contribution in [3.8, 4) is 11.6 Å². The summed E-state index contributed by atoms with van der Waals surface area (Å²) in [6, 6.07) is 14.9. The van der Waals surface area contributed by atoms with Crippen LogP contribution in [0.4, 0.5) is 5.69 Å². The Morgan fingerprint density at radius 2 is 1.75 bits per heavy atom. The van der Waals surface area contributed by atoms with E-state index in [0.717, 1.165) is 17.5 Å². The van der Waals surface area contributed by atoms with E-state index in [2.05, 4.69) is 15.0 Å². The lowest BCUT2D eigenvalue weighted by molar-refractivity contribution is 0.0939. The standard InChI is InChI=1S/C24H27N3O4S/c1-5-18(4)26-24(28)19-7-13-23(25-15-19)31-21-10-8-20(9-11-21)27-32(29,30)22-12-6-16(2)17(3)14-22/h6-15,18,27H,5H2,1-4H3,(H,26,28)/t18-/m0/s1. The predicted octanol–water partition coefficient (Wildman–Crippen LogP) is 4.82. The first kappa shape index (κ1) is 23.3. The number of pyridine rings is 1. The molecule has 0 radical (unpaired) electrons. The zero-order valence-corrected chi connectivity index (χ0v) is 19.4. The number of aryl methyl sites for hydroxylation is 2. The van der Waals surface area contributed by atoms with Gasteiger partial charge in [-0.1, -0.05) is 13.0 Å². The Morgan fingerprint density at radius 3 is 2.34 bits per heavy atom. The van der Waals surface area contributed by atoms with Gasteiger partial charge in [0.05, 0.1) is 10.5 Å². The second kappa shape index (κ2) is 9.82. The van der Waals surface area contributed by atoms with E-state index in [0.29, 0.717) is 22.9 Å². The van der Waals surface area contributed by atoms with Crippen LogP contribution in [0.25, 0.3) is 0 Å². The highest BCUT2D eigenvalue weighted by molar-refractivity contribution is 7.92. The number of benzene rings is 2. The van der Waals surface area contributed by atoms with Gasteiger partial charge in [-0.05, 0) is 80.8 Å². The lowest BCUT2D eigenvalue weighted by Crippen LogP contribution is -2.31. The van der Waals surface area contributed by atoms with Crippen LogP contribution >= 0.6 is 0 Å². The van der Waals surface area contributed by atoms with Crippen LogP contribution < -0.4 is 14.8 Å². The molecule has 1 heterocycles. The fourth-order valence-corrected chi connectivity index (χ4v) is 3.93. The maximum atomic E-state index is 12.6. The van der Waals surface area contributed by atoms with Crippen molar-refractivity contribution in [3.05, 3.63) is 77.5 Å². The number of nitrogens with one attached hydrogen (secondary N) is 2. The lowest BCUT2D eigenvalue weighted by atomic mass is 10.1. The molecule has 1 atom stereocenters. The van der Waals surface area contributed by atoms with Gasteiger partial charge in [-0.2, -0.15) is 0 Å². The topological polar surface area (TPSA) is 97.4 Å². The molecule has 0 fully saturated rings. The van der Waals surface area contributed by atoms with Crippen LogP contribution in [-0.4, -0.2) is 25.4 Å². The summed E-state index contributed by atoms with van der Waals surface area (Å²) in [4.78, 5) is 16.5. The quantitative estimate of drug-likeness (QED) is 0.510. The molecule has 0 unspecified atom stereocenters. The maximum absolute atomic E-state index is 12.6. The molecule has 0 aliphatic heterocycles. The van der Waals surface area contributed by atoms with Crippen LogP contribution in [0.3, 0.4) is 0 Å². The van der Waals surface area contributed by atoms with E-state index in [-0.39, 0.29) is 16.8 Å². The van der Waals surface area contributed by atoms with E-state index < -0.39 is 10.0 Å². The van der Waals surface area contributed by atoms with E-state index in [1.54, 1.807) is 54.6 Å². The Kier molecular flexibility index (Phi) is 7.15. The first-order valence-electron chi connectivity index (χ1n) is 10.3. The number of aromatic nitrogens is 1. The van der Waals surface area contributed by atoms with Gasteiger partial charge in [-0.3, -0.25) is 9.52 Å². The molecule has 0 aliphatic carbocycles. The van der Waals surface area contributed by atoms with Crippen molar-refractivity contribution in [2.45, 2.75) is 45.1 Å². The summed E-state index contributed by atoms with van der Waals surface area (Å²) in [5, 5.41) is 2.88. The Hall–Kier alpha value is -3.39. The average Bonchev–Trinajstić information content (AvgIpc) is 2.77. The fraction of sp³-hybridized carbons (Fsp3) is 0.250. The van der Waals surface area contributed by atoms with Crippen molar-refractivity contribution in [1.82, 2.24) is 10.3 Å². The zero-order chi connectivity index (χ0) is 23.3. The molecule has 32 heavy (non-hydrogen) atoms. The monoisotopic (exact) mass is 453 g/mol. The number of nitrogens with zero attached hydrogens (tertiary/aromatic N) is 1. The van der Waals surface area contributed by atoms with Gasteiger partial charge in [-0.25, -0.2) is 13.4 Å². The predicted molar refractivity (Wildman–Crippen MR) is 125 cm³/mol. The molecular weight excluding hydrogens is 426 g/mol. The molecule has 1 aromatic heterocycles. The highest BCUT2D eigenvalue weighted by Crippen LogP contribution is 2.24. The summed E-state index contributed by atoms with van der Waals surface area (Å²) >= 11 is 0. The van der Waals surface area contributed by atoms with Gasteiger partial charge in [0, 0.05) is 24.0 Å². The zero-order valence-electron chi connectivity index (χ0n) is 18.5. The lowest BCUT2D eigenvalue weighted by Gasteiger charge is -2.12. The third kappa shape index (κ3) is 5.85. The number of sulfonamides is 1. The number of hydrogen-bond donors (Lipinski definition) is 2. The fourth-order valence-electron chi connectivity index (χ4n) is 2.79. The summed E-state index contributed by atoms with van der Waals surface area (Å²) < 4.78 is 33.5. The first-order chi connectivity index (χ1) is 15.2. The van der Waals surface area contributed by atoms with Crippen molar-refractivity contribution in [2.75, 3.05) is 4.72 Å². The Labute approximate surface area is 188 Å². The third-order valence-electron chi connectivity index (χ3n) is 5.11. The average molecular weight is 454 g/mol. The van der Waals surface area contributed by atoms with Gasteiger partial charge in [0.15, 0.2) is 0 Å². The van der Waals surface area contributed by atoms with E-state index in [1.807, 2.05) is 27.7 Å². The number of carbonyl (C=O) groups is 1. The number of amides is 1. The van der Waals surface area contributed by atoms with Crippen LogP contribution in [0.5, 0.6) is 11.6 Å². The summed E-state index contributed by atoms with van der Waals surface area (Å²) in [5.74, 6) is 0.635. The van der Waals surface area contributed by atoms with Gasteiger partial charge in [0.2, 0.25) is 5.88 Å². The molecule has 2 N–H and O–H groups in total. The molecule has 3 rings (SSSR count). The van der Waals surface area contributed by atoms with Crippen LogP contribution in [-0.2, 0) is 10.0 Å². The smallest absolute Gasteiger partial charge is 0.261 e. The van der Waals surface area contributed by atoms with Gasteiger partial charge >= 0.3 is 0 Å². The molecular formula is C24H27N3O4S. The Morgan fingerprint density at radius 1 is 1.03 bits per heavy atom. The van der Waals surface area contributed by atoms with Crippen LogP contribution in [0.1, 0.15) is 41.8 Å². The normalized spacial score (nSPS) is 12.1. The van der Waals surface area contributed by atoms with E-state index >= 15 is 0 Å². The minimum Gasteiger partial charge on any atom is -0.439 e. The molecule has 168 valence electrons. The number of hydrogen-bond acceptors (Lipinski definition) is 5. The third-order valence-corrected chi connectivity index (χ3v) is 6.48. The second-order valence-electron chi connectivity index (χ2n) is 7.65. The van der Waals surface area contributed by atoms with Crippen LogP contribution in [0, 0.1) is 13.8 Å². The number of rotatable bonds is 8. The summed E-state index contributed by atoms with van der Waals surface area (Å²) in [6.45, 7) is 7.75. The van der Waals surface area contributed by atoms with Crippen LogP contribution in [0.2, 0.25) is 0 Å². The molecule has 0 aliphatic rings. The highest BCUT2D eigenvalue weighted by atomic mass is 32.2. The van der Waals surface area contributed by atoms with Crippen molar-refractivity contribution < 1.29 is 17.9 Å². The molecule has 0 spiro atoms. The minimum atomic E-state index is -3.69. The SMILES string of the molecule is CC[C@H](C)NC(=O)c1ccc(Oc2ccc(NS(=O)(=O)c3ccc(C)c(C)c3)cc2)nc1. The number of ether oxygens (including phenoxy) is 1. The van der Waals surface area contributed by atoms with Crippen molar-refractivity contribution in [1.29, 1.82) is 0 Å². The van der Waals surface area contributed by atoms with E-state index in [4.69, 9.17) is 4.74 Å². The molecule has 8 heteroatoms. The van der Waals surface area contributed by atoms with E-state index in [1.165, 1.54) is 6.20 Å². The van der Waals surface area contributed by atoms with Crippen molar-refractivity contribution in [2.24, 2.45) is 0 Å². The minimum absolute atomic E-state index is 0.0874. The summed E-state index contributed by atoms with van der Waals surface area (Å²) in [7, 11) is -3.69. The summed E-state index contributed by atoms with van der Waals surface area (Å²) in [5.41, 5.74) is 2.81. The number of anilines is 1. The maximum Gasteiger partial charge on any atom is 0.261 e. The Balaban J connectivity index is 1.64. The Bertz CT molecular complexity index is 1190. The van der Waals surface area contributed by atoms with Crippen LogP contribution in [0.15, 0.2) is 65.7 Å².